The molecule has 0 saturated carbocycles. The van der Waals surface area contributed by atoms with Crippen molar-refractivity contribution in [2.75, 3.05) is 33.4 Å². The Balaban J connectivity index is 1.61. The molecule has 2 heterocycles. The van der Waals surface area contributed by atoms with Crippen LogP contribution in [0.25, 0.3) is 0 Å². The van der Waals surface area contributed by atoms with Crippen LogP contribution in [0.3, 0.4) is 0 Å². The summed E-state index contributed by atoms with van der Waals surface area (Å²) in [4.78, 5) is 2.48. The average Bonchev–Trinajstić information content (AvgIpc) is 2.83. The van der Waals surface area contributed by atoms with Crippen LogP contribution < -0.4 is 0 Å². The lowest BCUT2D eigenvalue weighted by Crippen LogP contribution is -2.35. The fourth-order valence-electron chi connectivity index (χ4n) is 1.88. The lowest BCUT2D eigenvalue weighted by Gasteiger charge is -2.23. The first-order valence-corrected chi connectivity index (χ1v) is 4.77. The van der Waals surface area contributed by atoms with E-state index in [2.05, 4.69) is 4.90 Å². The maximum absolute atomic E-state index is 5.44. The molecule has 0 aromatic carbocycles. The highest BCUT2D eigenvalue weighted by molar-refractivity contribution is 4.92. The monoisotopic (exact) mass is 171 g/mol. The van der Waals surface area contributed by atoms with Gasteiger partial charge >= 0.3 is 0 Å². The molecular weight excluding hydrogens is 154 g/mol. The van der Waals surface area contributed by atoms with Gasteiger partial charge in [0.05, 0.1) is 12.2 Å². The molecular formula is C9H17NO2. The Hall–Kier alpha value is -0.120. The zero-order valence-corrected chi connectivity index (χ0v) is 7.66. The third-order valence-electron chi connectivity index (χ3n) is 2.68. The Kier molecular flexibility index (Phi) is 2.63. The number of methoxy groups -OCH3 is 1. The van der Waals surface area contributed by atoms with E-state index >= 15 is 0 Å². The van der Waals surface area contributed by atoms with Gasteiger partial charge in [-0.05, 0) is 12.8 Å². The zero-order chi connectivity index (χ0) is 8.39. The van der Waals surface area contributed by atoms with Gasteiger partial charge in [0.2, 0.25) is 0 Å². The van der Waals surface area contributed by atoms with Crippen LogP contribution >= 0.6 is 0 Å². The average molecular weight is 171 g/mol. The molecule has 2 rings (SSSR count). The van der Waals surface area contributed by atoms with Crippen molar-refractivity contribution in [1.29, 1.82) is 0 Å². The van der Waals surface area contributed by atoms with E-state index in [0.29, 0.717) is 12.2 Å². The van der Waals surface area contributed by atoms with E-state index in [1.54, 1.807) is 7.11 Å². The summed E-state index contributed by atoms with van der Waals surface area (Å²) in [5.41, 5.74) is 0. The highest BCUT2D eigenvalue weighted by Gasteiger charge is 2.42. The Morgan fingerprint density at radius 2 is 2.42 bits per heavy atom. The minimum absolute atomic E-state index is 0.571. The van der Waals surface area contributed by atoms with Gasteiger partial charge < -0.3 is 14.4 Å². The van der Waals surface area contributed by atoms with Crippen LogP contribution in [0, 0.1) is 0 Å². The number of piperidine rings is 1. The summed E-state index contributed by atoms with van der Waals surface area (Å²) in [6, 6.07) is 0. The number of rotatable bonds is 4. The van der Waals surface area contributed by atoms with Crippen molar-refractivity contribution in [2.24, 2.45) is 0 Å². The van der Waals surface area contributed by atoms with Gasteiger partial charge in [0.1, 0.15) is 0 Å². The van der Waals surface area contributed by atoms with E-state index in [4.69, 9.17) is 9.47 Å². The topological polar surface area (TPSA) is 25.0 Å². The molecule has 3 nitrogen and oxygen atoms in total. The third kappa shape index (κ3) is 1.97. The molecule has 2 saturated heterocycles. The fourth-order valence-corrected chi connectivity index (χ4v) is 1.88. The van der Waals surface area contributed by atoms with Crippen molar-refractivity contribution >= 4 is 0 Å². The molecule has 0 aliphatic carbocycles. The van der Waals surface area contributed by atoms with Crippen molar-refractivity contribution in [1.82, 2.24) is 4.90 Å². The maximum atomic E-state index is 5.44. The number of fused-ring (bicyclic) bond motifs is 1. The molecule has 0 spiro atoms. The first-order valence-electron chi connectivity index (χ1n) is 4.77. The van der Waals surface area contributed by atoms with Crippen LogP contribution in [-0.4, -0.2) is 50.5 Å². The summed E-state index contributed by atoms with van der Waals surface area (Å²) in [5.74, 6) is 0. The Morgan fingerprint density at radius 3 is 3.17 bits per heavy atom. The zero-order valence-electron chi connectivity index (χ0n) is 7.66. The van der Waals surface area contributed by atoms with E-state index in [0.717, 1.165) is 19.6 Å². The molecule has 0 bridgehead atoms. The first-order chi connectivity index (χ1) is 5.90. The number of nitrogens with zero attached hydrogens (tertiary/aromatic N) is 1. The summed E-state index contributed by atoms with van der Waals surface area (Å²) in [6.07, 6.45) is 3.57. The summed E-state index contributed by atoms with van der Waals surface area (Å²) >= 11 is 0. The summed E-state index contributed by atoms with van der Waals surface area (Å²) in [6.45, 7) is 4.41. The van der Waals surface area contributed by atoms with E-state index in [1.165, 1.54) is 19.5 Å². The molecule has 12 heavy (non-hydrogen) atoms. The second-order valence-corrected chi connectivity index (χ2v) is 3.65. The van der Waals surface area contributed by atoms with Gasteiger partial charge in [-0.2, -0.15) is 0 Å². The normalized spacial score (nSPS) is 34.8. The molecule has 3 heteroatoms. The smallest absolute Gasteiger partial charge is 0.0968 e. The summed E-state index contributed by atoms with van der Waals surface area (Å²) in [5, 5.41) is 0. The number of epoxide rings is 1. The third-order valence-corrected chi connectivity index (χ3v) is 2.68. The molecule has 2 aliphatic rings. The second kappa shape index (κ2) is 3.73. The lowest BCUT2D eigenvalue weighted by molar-refractivity contribution is 0.166. The van der Waals surface area contributed by atoms with Crippen LogP contribution in [0.2, 0.25) is 0 Å². The van der Waals surface area contributed by atoms with Crippen LogP contribution in [0.1, 0.15) is 12.8 Å². The molecule has 2 atom stereocenters. The van der Waals surface area contributed by atoms with E-state index < -0.39 is 0 Å². The van der Waals surface area contributed by atoms with Crippen molar-refractivity contribution in [3.63, 3.8) is 0 Å². The largest absolute Gasteiger partial charge is 0.385 e. The van der Waals surface area contributed by atoms with E-state index in [1.807, 2.05) is 0 Å². The Bertz CT molecular complexity index is 151. The van der Waals surface area contributed by atoms with E-state index in [9.17, 15) is 0 Å². The van der Waals surface area contributed by atoms with E-state index in [-0.39, 0.29) is 0 Å². The molecule has 70 valence electrons. The summed E-state index contributed by atoms with van der Waals surface area (Å²) in [7, 11) is 1.76. The van der Waals surface area contributed by atoms with Crippen molar-refractivity contribution < 1.29 is 9.47 Å². The molecule has 2 aliphatic heterocycles. The van der Waals surface area contributed by atoms with Gasteiger partial charge in [0.25, 0.3) is 0 Å². The Labute approximate surface area is 73.6 Å². The predicted octanol–water partition coefficient (Wildman–Crippen LogP) is 0.496. The van der Waals surface area contributed by atoms with Gasteiger partial charge in [-0.15, -0.1) is 0 Å². The van der Waals surface area contributed by atoms with Crippen LogP contribution in [-0.2, 0) is 9.47 Å². The number of hydrogen-bond acceptors (Lipinski definition) is 3. The van der Waals surface area contributed by atoms with Crippen molar-refractivity contribution in [3.8, 4) is 0 Å². The highest BCUT2D eigenvalue weighted by Crippen LogP contribution is 2.30. The fraction of sp³-hybridized carbons (Fsp3) is 1.00. The number of ether oxygens (including phenoxy) is 2. The minimum Gasteiger partial charge on any atom is -0.385 e. The van der Waals surface area contributed by atoms with Crippen LogP contribution in [0.15, 0.2) is 0 Å². The predicted molar refractivity (Wildman–Crippen MR) is 46.2 cm³/mol. The van der Waals surface area contributed by atoms with Gasteiger partial charge in [-0.25, -0.2) is 0 Å². The molecule has 2 fully saturated rings. The minimum atomic E-state index is 0.571. The van der Waals surface area contributed by atoms with Crippen molar-refractivity contribution in [3.05, 3.63) is 0 Å². The quantitative estimate of drug-likeness (QED) is 0.455. The molecule has 0 amide bonds. The maximum Gasteiger partial charge on any atom is 0.0968 e. The van der Waals surface area contributed by atoms with Gasteiger partial charge in [0, 0.05) is 33.4 Å². The Morgan fingerprint density at radius 1 is 1.50 bits per heavy atom. The molecule has 0 radical (unpaired) electrons. The van der Waals surface area contributed by atoms with Crippen LogP contribution in [0.4, 0.5) is 0 Å². The number of likely N-dealkylation sites (tertiary alicyclic amines) is 1. The van der Waals surface area contributed by atoms with Gasteiger partial charge in [-0.1, -0.05) is 0 Å². The van der Waals surface area contributed by atoms with Gasteiger partial charge in [-0.3, -0.25) is 0 Å². The van der Waals surface area contributed by atoms with Gasteiger partial charge in [0.15, 0.2) is 0 Å². The lowest BCUT2D eigenvalue weighted by atomic mass is 10.1. The first kappa shape index (κ1) is 8.48. The standard InChI is InChI=1S/C9H17NO2/c1-11-6-2-4-10-5-3-8-9(7-10)12-8/h8-9H,2-7H2,1H3/t8-,9-/m1/s1. The molecule has 0 aromatic heterocycles. The molecule has 0 unspecified atom stereocenters. The SMILES string of the molecule is COCCCN1CC[C@H]2O[C@@H]2C1. The summed E-state index contributed by atoms with van der Waals surface area (Å²) < 4.78 is 10.5. The van der Waals surface area contributed by atoms with Crippen molar-refractivity contribution in [2.45, 2.75) is 25.0 Å². The molecule has 0 aromatic rings. The van der Waals surface area contributed by atoms with Crippen LogP contribution in [0.5, 0.6) is 0 Å². The molecule has 0 N–H and O–H groups in total. The second-order valence-electron chi connectivity index (χ2n) is 3.65. The number of hydrogen-bond donors (Lipinski definition) is 0. The highest BCUT2D eigenvalue weighted by atomic mass is 16.6.